The molecule has 2 aromatic rings. The van der Waals surface area contributed by atoms with Gasteiger partial charge in [-0.1, -0.05) is 24.3 Å². The van der Waals surface area contributed by atoms with Crippen LogP contribution in [0.25, 0.3) is 10.8 Å². The molecule has 0 aromatic heterocycles. The minimum atomic E-state index is 0.454. The molecule has 0 atom stereocenters. The highest BCUT2D eigenvalue weighted by molar-refractivity contribution is 5.93. The molecular weight excluding hydrogens is 226 g/mol. The van der Waals surface area contributed by atoms with Gasteiger partial charge in [0.2, 0.25) is 0 Å². The van der Waals surface area contributed by atoms with Crippen LogP contribution in [-0.4, -0.2) is 25.9 Å². The number of hydrogen-bond donors (Lipinski definition) is 2. The zero-order valence-electron chi connectivity index (χ0n) is 10.9. The summed E-state index contributed by atoms with van der Waals surface area (Å²) in [6, 6.07) is 10.1. The van der Waals surface area contributed by atoms with E-state index in [1.54, 1.807) is 14.2 Å². The van der Waals surface area contributed by atoms with Crippen molar-refractivity contribution in [1.82, 2.24) is 0 Å². The summed E-state index contributed by atoms with van der Waals surface area (Å²) < 4.78 is 4.25. The van der Waals surface area contributed by atoms with Gasteiger partial charge in [-0.3, -0.25) is 0 Å². The fraction of sp³-hybridized carbons (Fsp3) is 0.333. The zero-order valence-corrected chi connectivity index (χ0v) is 10.9. The summed E-state index contributed by atoms with van der Waals surface area (Å²) in [4.78, 5) is 0. The molecule has 0 fully saturated rings. The van der Waals surface area contributed by atoms with Gasteiger partial charge in [-0.25, -0.2) is 0 Å². The molecule has 3 rings (SSSR count). The molecule has 0 bridgehead atoms. The molecule has 96 valence electrons. The quantitative estimate of drug-likeness (QED) is 0.749. The Labute approximate surface area is 107 Å². The van der Waals surface area contributed by atoms with E-state index in [0.29, 0.717) is 5.75 Å². The number of methoxy groups -OCH3 is 1. The van der Waals surface area contributed by atoms with Crippen LogP contribution in [-0.2, 0) is 11.2 Å². The highest BCUT2D eigenvalue weighted by atomic mass is 16.4. The maximum Gasteiger partial charge on any atom is 0.128 e. The molecule has 0 saturated heterocycles. The van der Waals surface area contributed by atoms with Gasteiger partial charge in [0.05, 0.1) is 0 Å². The molecule has 1 aliphatic rings. The summed E-state index contributed by atoms with van der Waals surface area (Å²) in [5.41, 5.74) is 2.16. The number of benzene rings is 2. The van der Waals surface area contributed by atoms with Crippen LogP contribution < -0.4 is 5.32 Å². The molecule has 0 aliphatic carbocycles. The molecule has 0 amide bonds. The largest absolute Gasteiger partial charge is 0.507 e. The second-order valence-corrected chi connectivity index (χ2v) is 4.41. The first-order valence-corrected chi connectivity index (χ1v) is 6.15. The Balaban J connectivity index is 0.000000367. The van der Waals surface area contributed by atoms with E-state index in [-0.39, 0.29) is 0 Å². The molecule has 18 heavy (non-hydrogen) atoms. The van der Waals surface area contributed by atoms with Crippen LogP contribution in [0.3, 0.4) is 0 Å². The number of phenolic OH excluding ortho intramolecular Hbond substituents is 1. The average molecular weight is 245 g/mol. The molecule has 3 nitrogen and oxygen atoms in total. The second kappa shape index (κ2) is 5.74. The standard InChI is InChI=1S/C13H13NO.C2H6O/c15-13-10-5-2-1-4-9(10)8-12-11(13)6-3-7-14-12;1-3-2/h1-2,4-5,8,14-15H,3,6-7H2;1-2H3. The van der Waals surface area contributed by atoms with Crippen molar-refractivity contribution in [2.24, 2.45) is 0 Å². The number of ether oxygens (including phenoxy) is 1. The molecule has 3 heteroatoms. The molecule has 0 spiro atoms. The number of nitrogens with one attached hydrogen (secondary N) is 1. The normalized spacial score (nSPS) is 13.2. The molecular formula is C15H19NO2. The van der Waals surface area contributed by atoms with E-state index in [4.69, 9.17) is 0 Å². The van der Waals surface area contributed by atoms with Crippen LogP contribution in [0, 0.1) is 0 Å². The third kappa shape index (κ3) is 2.41. The van der Waals surface area contributed by atoms with Crippen molar-refractivity contribution in [2.75, 3.05) is 26.1 Å². The highest BCUT2D eigenvalue weighted by Gasteiger charge is 2.15. The van der Waals surface area contributed by atoms with Crippen LogP contribution in [0.1, 0.15) is 12.0 Å². The lowest BCUT2D eigenvalue weighted by Crippen LogP contribution is -2.11. The van der Waals surface area contributed by atoms with Gasteiger partial charge in [-0.05, 0) is 24.3 Å². The average Bonchev–Trinajstić information content (AvgIpc) is 2.40. The fourth-order valence-electron chi connectivity index (χ4n) is 2.27. The van der Waals surface area contributed by atoms with Crippen LogP contribution in [0.2, 0.25) is 0 Å². The van der Waals surface area contributed by atoms with E-state index in [9.17, 15) is 5.11 Å². The van der Waals surface area contributed by atoms with Crippen LogP contribution in [0.5, 0.6) is 5.75 Å². The monoisotopic (exact) mass is 245 g/mol. The predicted molar refractivity (Wildman–Crippen MR) is 75.4 cm³/mol. The van der Waals surface area contributed by atoms with Crippen molar-refractivity contribution in [3.8, 4) is 5.75 Å². The lowest BCUT2D eigenvalue weighted by Gasteiger charge is -2.20. The maximum absolute atomic E-state index is 10.2. The summed E-state index contributed by atoms with van der Waals surface area (Å²) >= 11 is 0. The molecule has 0 saturated carbocycles. The van der Waals surface area contributed by atoms with Gasteiger partial charge in [-0.2, -0.15) is 0 Å². The van der Waals surface area contributed by atoms with Crippen molar-refractivity contribution >= 4 is 16.5 Å². The fourth-order valence-corrected chi connectivity index (χ4v) is 2.27. The van der Waals surface area contributed by atoms with Gasteiger partial charge in [-0.15, -0.1) is 0 Å². The third-order valence-corrected chi connectivity index (χ3v) is 3.05. The smallest absolute Gasteiger partial charge is 0.128 e. The van der Waals surface area contributed by atoms with E-state index >= 15 is 0 Å². The van der Waals surface area contributed by atoms with Gasteiger partial charge >= 0.3 is 0 Å². The van der Waals surface area contributed by atoms with Gasteiger partial charge < -0.3 is 15.2 Å². The summed E-state index contributed by atoms with van der Waals surface area (Å²) in [5.74, 6) is 0.454. The predicted octanol–water partition coefficient (Wildman–Crippen LogP) is 3.17. The minimum Gasteiger partial charge on any atom is -0.507 e. The van der Waals surface area contributed by atoms with E-state index in [1.165, 1.54) is 0 Å². The topological polar surface area (TPSA) is 41.5 Å². The van der Waals surface area contributed by atoms with Gasteiger partial charge in [0.15, 0.2) is 0 Å². The van der Waals surface area contributed by atoms with Crippen molar-refractivity contribution in [3.63, 3.8) is 0 Å². The first kappa shape index (κ1) is 12.7. The number of hydrogen-bond acceptors (Lipinski definition) is 3. The highest BCUT2D eigenvalue weighted by Crippen LogP contribution is 2.36. The van der Waals surface area contributed by atoms with Crippen molar-refractivity contribution in [3.05, 3.63) is 35.9 Å². The third-order valence-electron chi connectivity index (χ3n) is 3.05. The Bertz CT molecular complexity index is 537. The molecule has 1 heterocycles. The van der Waals surface area contributed by atoms with Crippen LogP contribution >= 0.6 is 0 Å². The summed E-state index contributed by atoms with van der Waals surface area (Å²) in [7, 11) is 3.25. The molecule has 1 aliphatic heterocycles. The number of aromatic hydroxyl groups is 1. The van der Waals surface area contributed by atoms with E-state index < -0.39 is 0 Å². The minimum absolute atomic E-state index is 0.454. The van der Waals surface area contributed by atoms with Crippen molar-refractivity contribution in [1.29, 1.82) is 0 Å². The Hall–Kier alpha value is -1.74. The first-order chi connectivity index (χ1) is 8.77. The number of rotatable bonds is 0. The Kier molecular flexibility index (Phi) is 4.05. The first-order valence-electron chi connectivity index (χ1n) is 6.15. The molecule has 2 aromatic carbocycles. The lowest BCUT2D eigenvalue weighted by atomic mass is 9.97. The molecule has 0 unspecified atom stereocenters. The summed E-state index contributed by atoms with van der Waals surface area (Å²) in [6.45, 7) is 1.00. The number of fused-ring (bicyclic) bond motifs is 2. The van der Waals surface area contributed by atoms with E-state index in [0.717, 1.165) is 41.4 Å². The molecule has 0 radical (unpaired) electrons. The molecule has 2 N–H and O–H groups in total. The van der Waals surface area contributed by atoms with Crippen molar-refractivity contribution in [2.45, 2.75) is 12.8 Å². The number of anilines is 1. The SMILES string of the molecule is COC.Oc1c2c(cc3ccccc13)NCCC2. The van der Waals surface area contributed by atoms with Crippen molar-refractivity contribution < 1.29 is 9.84 Å². The zero-order chi connectivity index (χ0) is 13.0. The van der Waals surface area contributed by atoms with Gasteiger partial charge in [0.1, 0.15) is 5.75 Å². The Morgan fingerprint density at radius 3 is 2.72 bits per heavy atom. The van der Waals surface area contributed by atoms with Crippen LogP contribution in [0.4, 0.5) is 5.69 Å². The maximum atomic E-state index is 10.2. The van der Waals surface area contributed by atoms with E-state index in [1.807, 2.05) is 24.3 Å². The lowest BCUT2D eigenvalue weighted by molar-refractivity contribution is 0.277. The van der Waals surface area contributed by atoms with Gasteiger partial charge in [0.25, 0.3) is 0 Å². The van der Waals surface area contributed by atoms with Crippen LogP contribution in [0.15, 0.2) is 30.3 Å². The second-order valence-electron chi connectivity index (χ2n) is 4.41. The summed E-state index contributed by atoms with van der Waals surface area (Å²) in [5, 5.41) is 15.5. The van der Waals surface area contributed by atoms with E-state index in [2.05, 4.69) is 16.1 Å². The number of phenols is 1. The summed E-state index contributed by atoms with van der Waals surface area (Å²) in [6.07, 6.45) is 2.07. The Morgan fingerprint density at radius 1 is 1.22 bits per heavy atom. The Morgan fingerprint density at radius 2 is 1.94 bits per heavy atom. The van der Waals surface area contributed by atoms with Gasteiger partial charge in [0, 0.05) is 37.4 Å².